The Morgan fingerprint density at radius 3 is 2.41 bits per heavy atom. The third-order valence-electron chi connectivity index (χ3n) is 3.21. The summed E-state index contributed by atoms with van der Waals surface area (Å²) in [5.74, 6) is 0. The summed E-state index contributed by atoms with van der Waals surface area (Å²) < 4.78 is 0. The average molecular weight is 253 g/mol. The minimum atomic E-state index is 0.361. The van der Waals surface area contributed by atoms with Crippen LogP contribution in [-0.4, -0.2) is 6.04 Å². The van der Waals surface area contributed by atoms with Crippen molar-refractivity contribution in [1.82, 2.24) is 0 Å². The maximum atomic E-state index is 6.18. The topological polar surface area (TPSA) is 26.0 Å². The lowest BCUT2D eigenvalue weighted by molar-refractivity contribution is 0.540. The van der Waals surface area contributed by atoms with Crippen LogP contribution in [0.2, 0.25) is 0 Å². The number of thiophene rings is 1. The van der Waals surface area contributed by atoms with Crippen molar-refractivity contribution in [3.63, 3.8) is 0 Å². The number of nitrogens with two attached hydrogens (primary N) is 1. The molecule has 2 N–H and O–H groups in total. The summed E-state index contributed by atoms with van der Waals surface area (Å²) in [6.07, 6.45) is 10.1. The van der Waals surface area contributed by atoms with Gasteiger partial charge in [0.1, 0.15) is 0 Å². The Kier molecular flexibility index (Phi) is 7.54. The van der Waals surface area contributed by atoms with Gasteiger partial charge in [-0.25, -0.2) is 0 Å². The van der Waals surface area contributed by atoms with E-state index in [4.69, 9.17) is 5.73 Å². The van der Waals surface area contributed by atoms with Crippen LogP contribution in [0.1, 0.15) is 62.1 Å². The first kappa shape index (κ1) is 14.7. The molecule has 2 heteroatoms. The van der Waals surface area contributed by atoms with Gasteiger partial charge >= 0.3 is 0 Å². The van der Waals surface area contributed by atoms with Crippen molar-refractivity contribution in [1.29, 1.82) is 0 Å². The minimum absolute atomic E-state index is 0.361. The van der Waals surface area contributed by atoms with Crippen LogP contribution in [-0.2, 0) is 12.8 Å². The normalized spacial score (nSPS) is 12.9. The van der Waals surface area contributed by atoms with Gasteiger partial charge in [0.05, 0.1) is 0 Å². The monoisotopic (exact) mass is 253 g/mol. The van der Waals surface area contributed by atoms with Crippen LogP contribution in [0, 0.1) is 0 Å². The van der Waals surface area contributed by atoms with E-state index >= 15 is 0 Å². The Labute approximate surface area is 110 Å². The lowest BCUT2D eigenvalue weighted by Crippen LogP contribution is -2.22. The molecule has 98 valence electrons. The fourth-order valence-corrected chi connectivity index (χ4v) is 3.14. The van der Waals surface area contributed by atoms with Crippen LogP contribution in [0.4, 0.5) is 0 Å². The van der Waals surface area contributed by atoms with E-state index in [9.17, 15) is 0 Å². The molecule has 0 fully saturated rings. The van der Waals surface area contributed by atoms with Gasteiger partial charge < -0.3 is 5.73 Å². The Morgan fingerprint density at radius 2 is 1.76 bits per heavy atom. The van der Waals surface area contributed by atoms with Crippen LogP contribution >= 0.6 is 11.3 Å². The Bertz CT molecular complexity index is 293. The van der Waals surface area contributed by atoms with Gasteiger partial charge in [-0.1, -0.05) is 46.0 Å². The van der Waals surface area contributed by atoms with E-state index < -0.39 is 0 Å². The highest BCUT2D eigenvalue weighted by atomic mass is 32.1. The highest BCUT2D eigenvalue weighted by Gasteiger charge is 2.06. The molecule has 0 aliphatic rings. The van der Waals surface area contributed by atoms with Gasteiger partial charge in [0.25, 0.3) is 0 Å². The summed E-state index contributed by atoms with van der Waals surface area (Å²) in [6, 6.07) is 4.86. The van der Waals surface area contributed by atoms with Crippen molar-refractivity contribution < 1.29 is 0 Å². The van der Waals surface area contributed by atoms with E-state index in [2.05, 4.69) is 26.0 Å². The van der Waals surface area contributed by atoms with Gasteiger partial charge in [-0.15, -0.1) is 11.3 Å². The fourth-order valence-electron chi connectivity index (χ4n) is 2.09. The SMILES string of the molecule is CCCCCCCC(N)Cc1ccc(CC)s1. The van der Waals surface area contributed by atoms with Crippen molar-refractivity contribution in [2.75, 3.05) is 0 Å². The zero-order valence-corrected chi connectivity index (χ0v) is 12.2. The molecule has 0 radical (unpaired) electrons. The lowest BCUT2D eigenvalue weighted by atomic mass is 10.0. The first-order chi connectivity index (χ1) is 8.26. The van der Waals surface area contributed by atoms with Crippen molar-refractivity contribution >= 4 is 11.3 Å². The third kappa shape index (κ3) is 6.23. The molecule has 0 aliphatic heterocycles. The van der Waals surface area contributed by atoms with Crippen molar-refractivity contribution in [2.24, 2.45) is 5.73 Å². The number of hydrogen-bond donors (Lipinski definition) is 1. The fraction of sp³-hybridized carbons (Fsp3) is 0.733. The summed E-state index contributed by atoms with van der Waals surface area (Å²) in [5, 5.41) is 0. The van der Waals surface area contributed by atoms with Crippen molar-refractivity contribution in [3.05, 3.63) is 21.9 Å². The predicted octanol–water partition coefficient (Wildman–Crippen LogP) is 4.54. The molecule has 0 saturated heterocycles. The Hall–Kier alpha value is -0.340. The van der Waals surface area contributed by atoms with Gasteiger partial charge in [-0.2, -0.15) is 0 Å². The lowest BCUT2D eigenvalue weighted by Gasteiger charge is -2.09. The van der Waals surface area contributed by atoms with Gasteiger partial charge in [0, 0.05) is 15.8 Å². The molecule has 1 heterocycles. The Balaban J connectivity index is 2.13. The molecule has 0 aromatic carbocycles. The van der Waals surface area contributed by atoms with Gasteiger partial charge in [0.2, 0.25) is 0 Å². The van der Waals surface area contributed by atoms with E-state index in [1.807, 2.05) is 11.3 Å². The molecule has 1 aromatic rings. The molecule has 0 aliphatic carbocycles. The summed E-state index contributed by atoms with van der Waals surface area (Å²) >= 11 is 1.93. The molecular weight excluding hydrogens is 226 g/mol. The second-order valence-electron chi connectivity index (χ2n) is 4.89. The zero-order chi connectivity index (χ0) is 12.5. The number of hydrogen-bond acceptors (Lipinski definition) is 2. The van der Waals surface area contributed by atoms with Gasteiger partial charge in [-0.05, 0) is 31.4 Å². The molecule has 0 amide bonds. The van der Waals surface area contributed by atoms with Crippen LogP contribution in [0.3, 0.4) is 0 Å². The zero-order valence-electron chi connectivity index (χ0n) is 11.4. The molecule has 17 heavy (non-hydrogen) atoms. The largest absolute Gasteiger partial charge is 0.327 e. The smallest absolute Gasteiger partial charge is 0.00871 e. The molecule has 1 nitrogen and oxygen atoms in total. The number of rotatable bonds is 9. The molecule has 0 spiro atoms. The van der Waals surface area contributed by atoms with Crippen LogP contribution in [0.5, 0.6) is 0 Å². The summed E-state index contributed by atoms with van der Waals surface area (Å²) in [6.45, 7) is 4.47. The third-order valence-corrected chi connectivity index (χ3v) is 4.46. The molecule has 1 rings (SSSR count). The van der Waals surface area contributed by atoms with E-state index in [1.165, 1.54) is 48.3 Å². The highest BCUT2D eigenvalue weighted by Crippen LogP contribution is 2.19. The van der Waals surface area contributed by atoms with E-state index in [0.29, 0.717) is 6.04 Å². The number of unbranched alkanes of at least 4 members (excludes halogenated alkanes) is 4. The van der Waals surface area contributed by atoms with Gasteiger partial charge in [-0.3, -0.25) is 0 Å². The van der Waals surface area contributed by atoms with Crippen LogP contribution in [0.15, 0.2) is 12.1 Å². The van der Waals surface area contributed by atoms with E-state index in [0.717, 1.165) is 12.8 Å². The highest BCUT2D eigenvalue weighted by molar-refractivity contribution is 7.11. The first-order valence-corrected chi connectivity index (χ1v) is 7.91. The van der Waals surface area contributed by atoms with Crippen molar-refractivity contribution in [2.45, 2.75) is 71.3 Å². The second kappa shape index (κ2) is 8.71. The van der Waals surface area contributed by atoms with E-state index in [-0.39, 0.29) is 0 Å². The van der Waals surface area contributed by atoms with Crippen LogP contribution < -0.4 is 5.73 Å². The second-order valence-corrected chi connectivity index (χ2v) is 6.14. The number of aryl methyl sites for hydroxylation is 1. The maximum absolute atomic E-state index is 6.18. The molecule has 0 saturated carbocycles. The first-order valence-electron chi connectivity index (χ1n) is 7.09. The minimum Gasteiger partial charge on any atom is -0.327 e. The van der Waals surface area contributed by atoms with E-state index in [1.54, 1.807) is 0 Å². The maximum Gasteiger partial charge on any atom is 0.00871 e. The van der Waals surface area contributed by atoms with Crippen molar-refractivity contribution in [3.8, 4) is 0 Å². The summed E-state index contributed by atoms with van der Waals surface area (Å²) in [4.78, 5) is 2.94. The standard InChI is InChI=1S/C15H27NS/c1-3-5-6-7-8-9-13(16)12-15-11-10-14(4-2)17-15/h10-11,13H,3-9,12,16H2,1-2H3. The van der Waals surface area contributed by atoms with Crippen LogP contribution in [0.25, 0.3) is 0 Å². The molecule has 0 bridgehead atoms. The predicted molar refractivity (Wildman–Crippen MR) is 78.8 cm³/mol. The average Bonchev–Trinajstić information content (AvgIpc) is 2.76. The summed E-state index contributed by atoms with van der Waals surface area (Å²) in [5.41, 5.74) is 6.18. The summed E-state index contributed by atoms with van der Waals surface area (Å²) in [7, 11) is 0. The molecule has 1 atom stereocenters. The molecule has 1 unspecified atom stereocenters. The molecule has 1 aromatic heterocycles. The molecular formula is C15H27NS. The van der Waals surface area contributed by atoms with Gasteiger partial charge in [0.15, 0.2) is 0 Å². The Morgan fingerprint density at radius 1 is 1.06 bits per heavy atom. The quantitative estimate of drug-likeness (QED) is 0.642.